The molecule has 2 rings (SSSR count). The largest absolute Gasteiger partial charge is 0.507 e. The second-order valence-electron chi connectivity index (χ2n) is 5.26. The van der Waals surface area contributed by atoms with E-state index in [4.69, 9.17) is 4.74 Å². The summed E-state index contributed by atoms with van der Waals surface area (Å²) in [6.07, 6.45) is 6.06. The van der Waals surface area contributed by atoms with Crippen LogP contribution < -0.4 is 4.74 Å². The molecule has 19 heavy (non-hydrogen) atoms. The van der Waals surface area contributed by atoms with Crippen molar-refractivity contribution in [3.8, 4) is 11.5 Å². The van der Waals surface area contributed by atoms with Gasteiger partial charge in [0.1, 0.15) is 11.5 Å². The maximum absolute atomic E-state index is 11.8. The number of phenolic OH excluding ortho intramolecular Hbond substituents is 1. The Bertz CT molecular complexity index is 451. The Labute approximate surface area is 114 Å². The molecule has 104 valence electrons. The van der Waals surface area contributed by atoms with Crippen molar-refractivity contribution in [2.75, 3.05) is 14.1 Å². The number of carbonyl (C=O) groups is 1. The van der Waals surface area contributed by atoms with Crippen molar-refractivity contribution in [1.82, 2.24) is 4.90 Å². The molecule has 0 unspecified atom stereocenters. The molecule has 4 heteroatoms. The minimum Gasteiger partial charge on any atom is -0.507 e. The van der Waals surface area contributed by atoms with Crippen molar-refractivity contribution in [3.05, 3.63) is 23.8 Å². The Kier molecular flexibility index (Phi) is 4.30. The lowest BCUT2D eigenvalue weighted by Crippen LogP contribution is -2.22. The second kappa shape index (κ2) is 5.95. The fourth-order valence-corrected chi connectivity index (χ4v) is 2.38. The molecular formula is C15H21NO3. The fourth-order valence-electron chi connectivity index (χ4n) is 2.38. The number of amides is 1. The number of hydrogen-bond acceptors (Lipinski definition) is 3. The zero-order chi connectivity index (χ0) is 13.8. The van der Waals surface area contributed by atoms with Crippen LogP contribution in [0.5, 0.6) is 11.5 Å². The summed E-state index contributed by atoms with van der Waals surface area (Å²) in [7, 11) is 3.32. The van der Waals surface area contributed by atoms with Gasteiger partial charge in [0.15, 0.2) is 0 Å². The van der Waals surface area contributed by atoms with E-state index in [0.29, 0.717) is 11.3 Å². The molecule has 0 bridgehead atoms. The Morgan fingerprint density at radius 1 is 1.26 bits per heavy atom. The highest BCUT2D eigenvalue weighted by Gasteiger charge is 2.17. The molecule has 0 heterocycles. The van der Waals surface area contributed by atoms with E-state index in [1.54, 1.807) is 26.2 Å². The minimum absolute atomic E-state index is 0.0213. The van der Waals surface area contributed by atoms with Crippen LogP contribution in [0.25, 0.3) is 0 Å². The molecule has 1 aromatic carbocycles. The average Bonchev–Trinajstić information content (AvgIpc) is 2.39. The van der Waals surface area contributed by atoms with Gasteiger partial charge in [-0.2, -0.15) is 0 Å². The molecule has 0 aromatic heterocycles. The molecule has 4 nitrogen and oxygen atoms in total. The van der Waals surface area contributed by atoms with Gasteiger partial charge in [-0.15, -0.1) is 0 Å². The van der Waals surface area contributed by atoms with E-state index in [-0.39, 0.29) is 17.8 Å². The van der Waals surface area contributed by atoms with Gasteiger partial charge in [0.05, 0.1) is 11.7 Å². The summed E-state index contributed by atoms with van der Waals surface area (Å²) in [5.74, 6) is 0.411. The van der Waals surface area contributed by atoms with Gasteiger partial charge in [0.25, 0.3) is 5.91 Å². The van der Waals surface area contributed by atoms with Crippen molar-refractivity contribution in [3.63, 3.8) is 0 Å². The fraction of sp³-hybridized carbons (Fsp3) is 0.533. The predicted octanol–water partition coefficient (Wildman–Crippen LogP) is 2.81. The van der Waals surface area contributed by atoms with Crippen molar-refractivity contribution in [2.24, 2.45) is 0 Å². The van der Waals surface area contributed by atoms with E-state index in [0.717, 1.165) is 12.8 Å². The Morgan fingerprint density at radius 2 is 1.95 bits per heavy atom. The summed E-state index contributed by atoms with van der Waals surface area (Å²) in [4.78, 5) is 13.2. The zero-order valence-corrected chi connectivity index (χ0v) is 11.6. The Hall–Kier alpha value is -1.71. The molecular weight excluding hydrogens is 242 g/mol. The van der Waals surface area contributed by atoms with Gasteiger partial charge >= 0.3 is 0 Å². The van der Waals surface area contributed by atoms with Crippen molar-refractivity contribution in [2.45, 2.75) is 38.2 Å². The monoisotopic (exact) mass is 263 g/mol. The van der Waals surface area contributed by atoms with Crippen molar-refractivity contribution in [1.29, 1.82) is 0 Å². The molecule has 1 aliphatic rings. The van der Waals surface area contributed by atoms with Crippen molar-refractivity contribution < 1.29 is 14.6 Å². The van der Waals surface area contributed by atoms with Crippen LogP contribution in [0.4, 0.5) is 0 Å². The van der Waals surface area contributed by atoms with Crippen LogP contribution in [0, 0.1) is 0 Å². The second-order valence-corrected chi connectivity index (χ2v) is 5.26. The normalized spacial score (nSPS) is 16.1. The summed E-state index contributed by atoms with van der Waals surface area (Å²) in [5, 5.41) is 9.91. The summed E-state index contributed by atoms with van der Waals surface area (Å²) < 4.78 is 5.85. The first-order valence-corrected chi connectivity index (χ1v) is 6.79. The van der Waals surface area contributed by atoms with Crippen LogP contribution in [0.2, 0.25) is 0 Å². The quantitative estimate of drug-likeness (QED) is 0.912. The lowest BCUT2D eigenvalue weighted by molar-refractivity contribution is 0.0824. The smallest absolute Gasteiger partial charge is 0.257 e. The number of benzene rings is 1. The number of phenols is 1. The minimum atomic E-state index is -0.207. The number of hydrogen-bond donors (Lipinski definition) is 1. The van der Waals surface area contributed by atoms with Crippen molar-refractivity contribution >= 4 is 5.91 Å². The van der Waals surface area contributed by atoms with Gasteiger partial charge in [-0.3, -0.25) is 4.79 Å². The van der Waals surface area contributed by atoms with Gasteiger partial charge < -0.3 is 14.7 Å². The zero-order valence-electron chi connectivity index (χ0n) is 11.6. The number of carbonyl (C=O) groups excluding carboxylic acids is 1. The number of nitrogens with zero attached hydrogens (tertiary/aromatic N) is 1. The first kappa shape index (κ1) is 13.7. The van der Waals surface area contributed by atoms with Crippen LogP contribution >= 0.6 is 0 Å². The molecule has 0 radical (unpaired) electrons. The SMILES string of the molecule is CN(C)C(=O)c1ccc(OC2CCCCC2)cc1O. The summed E-state index contributed by atoms with van der Waals surface area (Å²) in [5.41, 5.74) is 0.306. The van der Waals surface area contributed by atoms with Gasteiger partial charge in [-0.05, 0) is 37.8 Å². The van der Waals surface area contributed by atoms with Gasteiger partial charge in [0.2, 0.25) is 0 Å². The average molecular weight is 263 g/mol. The number of ether oxygens (including phenoxy) is 1. The van der Waals surface area contributed by atoms with Gasteiger partial charge in [-0.25, -0.2) is 0 Å². The van der Waals surface area contributed by atoms with Gasteiger partial charge in [-0.1, -0.05) is 6.42 Å². The molecule has 1 fully saturated rings. The maximum atomic E-state index is 11.8. The third-order valence-electron chi connectivity index (χ3n) is 3.46. The third kappa shape index (κ3) is 3.40. The predicted molar refractivity (Wildman–Crippen MR) is 73.6 cm³/mol. The highest BCUT2D eigenvalue weighted by molar-refractivity contribution is 5.96. The maximum Gasteiger partial charge on any atom is 0.257 e. The highest BCUT2D eigenvalue weighted by Crippen LogP contribution is 2.28. The molecule has 0 saturated heterocycles. The first-order valence-electron chi connectivity index (χ1n) is 6.79. The molecule has 0 spiro atoms. The summed E-state index contributed by atoms with van der Waals surface area (Å²) >= 11 is 0. The summed E-state index contributed by atoms with van der Waals surface area (Å²) in [6.45, 7) is 0. The topological polar surface area (TPSA) is 49.8 Å². The van der Waals surface area contributed by atoms with E-state index in [9.17, 15) is 9.90 Å². The Balaban J connectivity index is 2.07. The number of rotatable bonds is 3. The molecule has 0 aliphatic heterocycles. The molecule has 1 saturated carbocycles. The Morgan fingerprint density at radius 3 is 2.53 bits per heavy atom. The van der Waals surface area contributed by atoms with Crippen LogP contribution in [-0.4, -0.2) is 36.1 Å². The van der Waals surface area contributed by atoms with E-state index in [1.165, 1.54) is 30.2 Å². The standard InChI is InChI=1S/C15H21NO3/c1-16(2)15(18)13-9-8-12(10-14(13)17)19-11-6-4-3-5-7-11/h8-11,17H,3-7H2,1-2H3. The van der Waals surface area contributed by atoms with E-state index in [2.05, 4.69) is 0 Å². The number of aromatic hydroxyl groups is 1. The highest BCUT2D eigenvalue weighted by atomic mass is 16.5. The van der Waals surface area contributed by atoms with Crippen LogP contribution in [0.3, 0.4) is 0 Å². The molecule has 1 N–H and O–H groups in total. The van der Waals surface area contributed by atoms with Gasteiger partial charge in [0, 0.05) is 20.2 Å². The summed E-state index contributed by atoms with van der Waals surface area (Å²) in [6, 6.07) is 4.91. The van der Waals surface area contributed by atoms with E-state index in [1.807, 2.05) is 0 Å². The molecule has 1 aromatic rings. The lowest BCUT2D eigenvalue weighted by atomic mass is 9.98. The first-order chi connectivity index (χ1) is 9.08. The van der Waals surface area contributed by atoms with Crippen LogP contribution in [0.1, 0.15) is 42.5 Å². The van der Waals surface area contributed by atoms with E-state index >= 15 is 0 Å². The van der Waals surface area contributed by atoms with Crippen LogP contribution in [0.15, 0.2) is 18.2 Å². The third-order valence-corrected chi connectivity index (χ3v) is 3.46. The lowest BCUT2D eigenvalue weighted by Gasteiger charge is -2.23. The molecule has 1 amide bonds. The van der Waals surface area contributed by atoms with E-state index < -0.39 is 0 Å². The molecule has 1 aliphatic carbocycles. The van der Waals surface area contributed by atoms with Crippen LogP contribution in [-0.2, 0) is 0 Å². The molecule has 0 atom stereocenters.